The third kappa shape index (κ3) is 2.93. The fourth-order valence-corrected chi connectivity index (χ4v) is 1.58. The maximum absolute atomic E-state index is 11.2. The molecule has 0 spiro atoms. The van der Waals surface area contributed by atoms with Crippen molar-refractivity contribution in [3.63, 3.8) is 0 Å². The minimum Gasteiger partial charge on any atom is -0.467 e. The first-order valence-corrected chi connectivity index (χ1v) is 5.40. The van der Waals surface area contributed by atoms with Crippen molar-refractivity contribution >= 4 is 18.4 Å². The van der Waals surface area contributed by atoms with Crippen LogP contribution in [0.2, 0.25) is 0 Å². The SMILES string of the molecule is COC(=O)C1CN(C=Cc2ccccc2)C=N1. The predicted molar refractivity (Wildman–Crippen MR) is 66.5 cm³/mol. The Morgan fingerprint density at radius 3 is 2.94 bits per heavy atom. The van der Waals surface area contributed by atoms with Gasteiger partial charge in [-0.15, -0.1) is 0 Å². The topological polar surface area (TPSA) is 41.9 Å². The van der Waals surface area contributed by atoms with Gasteiger partial charge < -0.3 is 9.64 Å². The number of nitrogens with zero attached hydrogens (tertiary/aromatic N) is 2. The molecule has 0 bridgehead atoms. The minimum absolute atomic E-state index is 0.295. The molecule has 1 heterocycles. The Kier molecular flexibility index (Phi) is 3.55. The molecule has 1 atom stereocenters. The van der Waals surface area contributed by atoms with Crippen LogP contribution in [0.4, 0.5) is 0 Å². The van der Waals surface area contributed by atoms with Gasteiger partial charge in [0.2, 0.25) is 0 Å². The van der Waals surface area contributed by atoms with E-state index in [9.17, 15) is 4.79 Å². The van der Waals surface area contributed by atoms with E-state index in [4.69, 9.17) is 0 Å². The summed E-state index contributed by atoms with van der Waals surface area (Å²) in [5.41, 5.74) is 1.11. The van der Waals surface area contributed by atoms with E-state index in [-0.39, 0.29) is 5.97 Å². The number of carbonyl (C=O) groups is 1. The molecule has 0 saturated heterocycles. The van der Waals surface area contributed by atoms with Gasteiger partial charge in [-0.1, -0.05) is 30.3 Å². The zero-order valence-corrected chi connectivity index (χ0v) is 9.61. The van der Waals surface area contributed by atoms with Gasteiger partial charge in [-0.25, -0.2) is 4.79 Å². The van der Waals surface area contributed by atoms with E-state index in [1.165, 1.54) is 7.11 Å². The second kappa shape index (κ2) is 5.30. The van der Waals surface area contributed by atoms with E-state index in [0.29, 0.717) is 6.54 Å². The number of hydrogen-bond donors (Lipinski definition) is 0. The molecule has 2 rings (SSSR count). The van der Waals surface area contributed by atoms with Crippen molar-refractivity contribution in [2.24, 2.45) is 4.99 Å². The molecule has 1 aliphatic rings. The molecule has 1 aromatic rings. The second-order valence-corrected chi connectivity index (χ2v) is 3.73. The van der Waals surface area contributed by atoms with Crippen LogP contribution in [0.5, 0.6) is 0 Å². The molecule has 17 heavy (non-hydrogen) atoms. The van der Waals surface area contributed by atoms with E-state index in [1.54, 1.807) is 6.34 Å². The molecule has 0 aliphatic carbocycles. The van der Waals surface area contributed by atoms with Gasteiger partial charge in [0.15, 0.2) is 6.04 Å². The minimum atomic E-state index is -0.402. The van der Waals surface area contributed by atoms with Crippen LogP contribution in [-0.2, 0) is 9.53 Å². The highest BCUT2D eigenvalue weighted by atomic mass is 16.5. The van der Waals surface area contributed by atoms with Crippen LogP contribution in [0, 0.1) is 0 Å². The summed E-state index contributed by atoms with van der Waals surface area (Å²) >= 11 is 0. The maximum atomic E-state index is 11.2. The van der Waals surface area contributed by atoms with Crippen LogP contribution < -0.4 is 0 Å². The van der Waals surface area contributed by atoms with Gasteiger partial charge in [-0.3, -0.25) is 4.99 Å². The van der Waals surface area contributed by atoms with Crippen molar-refractivity contribution in [3.8, 4) is 0 Å². The first kappa shape index (κ1) is 11.4. The van der Waals surface area contributed by atoms with Gasteiger partial charge in [0.05, 0.1) is 20.0 Å². The quantitative estimate of drug-likeness (QED) is 0.740. The number of ether oxygens (including phenoxy) is 1. The van der Waals surface area contributed by atoms with E-state index in [2.05, 4.69) is 9.73 Å². The third-order valence-electron chi connectivity index (χ3n) is 2.51. The van der Waals surface area contributed by atoms with E-state index < -0.39 is 6.04 Å². The molecule has 4 nitrogen and oxygen atoms in total. The summed E-state index contributed by atoms with van der Waals surface area (Å²) < 4.78 is 4.64. The summed E-state index contributed by atoms with van der Waals surface area (Å²) in [4.78, 5) is 17.2. The standard InChI is InChI=1S/C13H14N2O2/c1-17-13(16)12-9-15(10-14-12)8-7-11-5-3-2-4-6-11/h2-8,10,12H,9H2,1H3. The predicted octanol–water partition coefficient (Wildman–Crippen LogP) is 1.54. The van der Waals surface area contributed by atoms with Crippen LogP contribution in [0.1, 0.15) is 5.56 Å². The Morgan fingerprint density at radius 2 is 2.24 bits per heavy atom. The van der Waals surface area contributed by atoms with E-state index in [1.807, 2.05) is 47.5 Å². The van der Waals surface area contributed by atoms with E-state index >= 15 is 0 Å². The zero-order chi connectivity index (χ0) is 12.1. The van der Waals surface area contributed by atoms with Gasteiger partial charge in [-0.2, -0.15) is 0 Å². The average molecular weight is 230 g/mol. The average Bonchev–Trinajstić information content (AvgIpc) is 2.85. The molecule has 0 saturated carbocycles. The smallest absolute Gasteiger partial charge is 0.332 e. The first-order chi connectivity index (χ1) is 8.29. The maximum Gasteiger partial charge on any atom is 0.332 e. The normalized spacial score (nSPS) is 18.9. The Balaban J connectivity index is 1.93. The molecule has 0 radical (unpaired) electrons. The number of hydrogen-bond acceptors (Lipinski definition) is 4. The summed E-state index contributed by atoms with van der Waals surface area (Å²) in [5.74, 6) is -0.295. The van der Waals surface area contributed by atoms with Crippen molar-refractivity contribution in [1.82, 2.24) is 4.90 Å². The molecule has 1 aliphatic heterocycles. The number of carbonyl (C=O) groups excluding carboxylic acids is 1. The molecular formula is C13H14N2O2. The lowest BCUT2D eigenvalue weighted by Crippen LogP contribution is -2.26. The summed E-state index contributed by atoms with van der Waals surface area (Å²) in [6.45, 7) is 0.538. The van der Waals surface area contributed by atoms with Crippen LogP contribution in [0.25, 0.3) is 6.08 Å². The molecule has 0 aromatic heterocycles. The van der Waals surface area contributed by atoms with Gasteiger partial charge in [0, 0.05) is 6.20 Å². The fraction of sp³-hybridized carbons (Fsp3) is 0.231. The summed E-state index contributed by atoms with van der Waals surface area (Å²) in [6.07, 6.45) is 5.54. The molecule has 0 N–H and O–H groups in total. The van der Waals surface area contributed by atoms with Gasteiger partial charge in [0.1, 0.15) is 0 Å². The Bertz CT molecular complexity index is 440. The molecule has 0 fully saturated rings. The summed E-state index contributed by atoms with van der Waals surface area (Å²) in [7, 11) is 1.38. The lowest BCUT2D eigenvalue weighted by Gasteiger charge is -2.09. The van der Waals surface area contributed by atoms with Crippen molar-refractivity contribution < 1.29 is 9.53 Å². The lowest BCUT2D eigenvalue weighted by atomic mass is 10.2. The van der Waals surface area contributed by atoms with Crippen molar-refractivity contribution in [2.75, 3.05) is 13.7 Å². The highest BCUT2D eigenvalue weighted by Gasteiger charge is 2.23. The zero-order valence-electron chi connectivity index (χ0n) is 9.61. The van der Waals surface area contributed by atoms with Crippen LogP contribution in [-0.4, -0.2) is 36.9 Å². The molecule has 1 aromatic carbocycles. The lowest BCUT2D eigenvalue weighted by molar-refractivity contribution is -0.141. The van der Waals surface area contributed by atoms with E-state index in [0.717, 1.165) is 5.56 Å². The number of benzene rings is 1. The molecule has 1 unspecified atom stereocenters. The number of esters is 1. The van der Waals surface area contributed by atoms with Crippen LogP contribution in [0.15, 0.2) is 41.5 Å². The van der Waals surface area contributed by atoms with Crippen LogP contribution in [0.3, 0.4) is 0 Å². The number of rotatable bonds is 3. The van der Waals surface area contributed by atoms with Crippen molar-refractivity contribution in [3.05, 3.63) is 42.1 Å². The van der Waals surface area contributed by atoms with Gasteiger partial charge in [-0.05, 0) is 11.6 Å². The number of methoxy groups -OCH3 is 1. The van der Waals surface area contributed by atoms with Gasteiger partial charge >= 0.3 is 5.97 Å². The molecule has 88 valence electrons. The largest absolute Gasteiger partial charge is 0.467 e. The summed E-state index contributed by atoms with van der Waals surface area (Å²) in [6, 6.07) is 9.56. The van der Waals surface area contributed by atoms with Crippen LogP contribution >= 0.6 is 0 Å². The first-order valence-electron chi connectivity index (χ1n) is 5.40. The molecule has 0 amide bonds. The monoisotopic (exact) mass is 230 g/mol. The highest BCUT2D eigenvalue weighted by molar-refractivity contribution is 5.80. The Labute approximate surface area is 100 Å². The third-order valence-corrected chi connectivity index (χ3v) is 2.51. The molecular weight excluding hydrogens is 216 g/mol. The molecule has 4 heteroatoms. The van der Waals surface area contributed by atoms with Gasteiger partial charge in [0.25, 0.3) is 0 Å². The fourth-order valence-electron chi connectivity index (χ4n) is 1.58. The van der Waals surface area contributed by atoms with Crippen molar-refractivity contribution in [1.29, 1.82) is 0 Å². The van der Waals surface area contributed by atoms with Crippen molar-refractivity contribution in [2.45, 2.75) is 6.04 Å². The second-order valence-electron chi connectivity index (χ2n) is 3.73. The number of aliphatic imine (C=N–C) groups is 1. The Morgan fingerprint density at radius 1 is 1.47 bits per heavy atom. The summed E-state index contributed by atoms with van der Waals surface area (Å²) in [5, 5.41) is 0. The highest BCUT2D eigenvalue weighted by Crippen LogP contribution is 2.08. The Hall–Kier alpha value is -2.10.